The number of nitrogens with one attached hydrogen (secondary N) is 1. The number of aryl methyl sites for hydroxylation is 1. The monoisotopic (exact) mass is 538 g/mol. The molecule has 0 spiro atoms. The van der Waals surface area contributed by atoms with E-state index in [-0.39, 0.29) is 28.7 Å². The molecular formula is C27H30N4O6S. The number of amides is 2. The molecule has 3 rings (SSSR count). The highest BCUT2D eigenvalue weighted by Gasteiger charge is 2.32. The lowest BCUT2D eigenvalue weighted by Crippen LogP contribution is -2.51. The molecule has 1 unspecified atom stereocenters. The van der Waals surface area contributed by atoms with Crippen LogP contribution in [0.2, 0.25) is 0 Å². The number of nitrogens with zero attached hydrogens (tertiary/aromatic N) is 3. The minimum atomic E-state index is -4.30. The lowest BCUT2D eigenvalue weighted by Gasteiger charge is -2.32. The number of hydrogen-bond donors (Lipinski definition) is 1. The lowest BCUT2D eigenvalue weighted by molar-refractivity contribution is -0.384. The first-order valence-electron chi connectivity index (χ1n) is 12.0. The number of likely N-dealkylation sites (N-methyl/N-ethyl adjacent to an activating group) is 1. The molecule has 0 bridgehead atoms. The third kappa shape index (κ3) is 6.74. The van der Waals surface area contributed by atoms with Crippen molar-refractivity contribution in [2.75, 3.05) is 17.4 Å². The summed E-state index contributed by atoms with van der Waals surface area (Å²) in [5.74, 6) is -1.03. The summed E-state index contributed by atoms with van der Waals surface area (Å²) in [6.45, 7) is 5.00. The van der Waals surface area contributed by atoms with Crippen LogP contribution >= 0.6 is 0 Å². The van der Waals surface area contributed by atoms with Gasteiger partial charge in [0.1, 0.15) is 12.6 Å². The molecule has 0 saturated heterocycles. The van der Waals surface area contributed by atoms with Crippen LogP contribution in [0, 0.1) is 17.0 Å². The Morgan fingerprint density at radius 3 is 2.26 bits per heavy atom. The van der Waals surface area contributed by atoms with Crippen LogP contribution in [0.25, 0.3) is 0 Å². The maximum atomic E-state index is 13.8. The Hall–Kier alpha value is -4.25. The van der Waals surface area contributed by atoms with Gasteiger partial charge in [-0.05, 0) is 44.5 Å². The summed E-state index contributed by atoms with van der Waals surface area (Å²) >= 11 is 0. The Labute approximate surface area is 222 Å². The summed E-state index contributed by atoms with van der Waals surface area (Å²) in [5.41, 5.74) is 1.41. The number of anilines is 1. The van der Waals surface area contributed by atoms with Crippen molar-refractivity contribution >= 4 is 33.2 Å². The van der Waals surface area contributed by atoms with Gasteiger partial charge in [-0.25, -0.2) is 8.42 Å². The standard InChI is InChI=1S/C27H30N4O6S/c1-4-28-27(33)21(3)29(18-22-15-13-20(2)14-16-22)26(32)19-30(23-9-8-10-24(17-23)31(34)35)38(36,37)25-11-6-5-7-12-25/h5-17,21H,4,18-19H2,1-3H3,(H,28,33). The van der Waals surface area contributed by atoms with Crippen molar-refractivity contribution in [2.45, 2.75) is 38.3 Å². The van der Waals surface area contributed by atoms with E-state index in [0.717, 1.165) is 21.5 Å². The quantitative estimate of drug-likeness (QED) is 0.293. The van der Waals surface area contributed by atoms with Gasteiger partial charge in [-0.3, -0.25) is 24.0 Å². The fourth-order valence-corrected chi connectivity index (χ4v) is 5.23. The third-order valence-corrected chi connectivity index (χ3v) is 7.72. The maximum absolute atomic E-state index is 13.8. The molecule has 1 N–H and O–H groups in total. The van der Waals surface area contributed by atoms with Crippen LogP contribution in [0.4, 0.5) is 11.4 Å². The molecule has 11 heteroatoms. The fourth-order valence-electron chi connectivity index (χ4n) is 3.80. The van der Waals surface area contributed by atoms with E-state index in [1.165, 1.54) is 35.2 Å². The van der Waals surface area contributed by atoms with Gasteiger partial charge in [0.05, 0.1) is 15.5 Å². The zero-order chi connectivity index (χ0) is 27.9. The maximum Gasteiger partial charge on any atom is 0.271 e. The van der Waals surface area contributed by atoms with E-state index in [2.05, 4.69) is 5.32 Å². The molecular weight excluding hydrogens is 508 g/mol. The van der Waals surface area contributed by atoms with E-state index in [4.69, 9.17) is 0 Å². The molecule has 200 valence electrons. The van der Waals surface area contributed by atoms with Crippen molar-refractivity contribution in [3.8, 4) is 0 Å². The van der Waals surface area contributed by atoms with Gasteiger partial charge < -0.3 is 10.2 Å². The number of rotatable bonds is 11. The number of hydrogen-bond acceptors (Lipinski definition) is 6. The van der Waals surface area contributed by atoms with Gasteiger partial charge in [-0.1, -0.05) is 54.1 Å². The zero-order valence-electron chi connectivity index (χ0n) is 21.4. The number of carbonyl (C=O) groups is 2. The first kappa shape index (κ1) is 28.3. The largest absolute Gasteiger partial charge is 0.355 e. The summed E-state index contributed by atoms with van der Waals surface area (Å²) in [7, 11) is -4.30. The van der Waals surface area contributed by atoms with Crippen LogP contribution in [0.1, 0.15) is 25.0 Å². The van der Waals surface area contributed by atoms with E-state index in [0.29, 0.717) is 6.54 Å². The topological polar surface area (TPSA) is 130 Å². The Kier molecular flexibility index (Phi) is 9.19. The summed E-state index contributed by atoms with van der Waals surface area (Å²) in [6.07, 6.45) is 0. The molecule has 0 aromatic heterocycles. The minimum Gasteiger partial charge on any atom is -0.355 e. The van der Waals surface area contributed by atoms with Gasteiger partial charge in [0.15, 0.2) is 0 Å². The number of sulfonamides is 1. The summed E-state index contributed by atoms with van der Waals surface area (Å²) in [4.78, 5) is 38.4. The Bertz CT molecular complexity index is 1390. The molecule has 1 atom stereocenters. The summed E-state index contributed by atoms with van der Waals surface area (Å²) in [5, 5.41) is 14.1. The molecule has 0 aliphatic heterocycles. The average Bonchev–Trinajstić information content (AvgIpc) is 2.91. The number of non-ortho nitro benzene ring substituents is 1. The fraction of sp³-hybridized carbons (Fsp3) is 0.259. The highest BCUT2D eigenvalue weighted by Crippen LogP contribution is 2.27. The van der Waals surface area contributed by atoms with Crippen molar-refractivity contribution in [3.05, 3.63) is 100 Å². The van der Waals surface area contributed by atoms with Crippen molar-refractivity contribution in [3.63, 3.8) is 0 Å². The Morgan fingerprint density at radius 1 is 1.00 bits per heavy atom. The highest BCUT2D eigenvalue weighted by atomic mass is 32.2. The van der Waals surface area contributed by atoms with Crippen LogP contribution in [0.3, 0.4) is 0 Å². The van der Waals surface area contributed by atoms with Crippen LogP contribution in [-0.4, -0.2) is 49.2 Å². The smallest absolute Gasteiger partial charge is 0.271 e. The Morgan fingerprint density at radius 2 is 1.66 bits per heavy atom. The van der Waals surface area contributed by atoms with Gasteiger partial charge in [0.2, 0.25) is 11.8 Å². The molecule has 10 nitrogen and oxygen atoms in total. The SMILES string of the molecule is CCNC(=O)C(C)N(Cc1ccc(C)cc1)C(=O)CN(c1cccc([N+](=O)[O-])c1)S(=O)(=O)c1ccccc1. The predicted octanol–water partition coefficient (Wildman–Crippen LogP) is 3.65. The van der Waals surface area contributed by atoms with Crippen molar-refractivity contribution < 1.29 is 22.9 Å². The minimum absolute atomic E-state index is 0.0441. The van der Waals surface area contributed by atoms with E-state index >= 15 is 0 Å². The van der Waals surface area contributed by atoms with Crippen LogP contribution in [0.15, 0.2) is 83.8 Å². The average molecular weight is 539 g/mol. The first-order chi connectivity index (χ1) is 18.0. The van der Waals surface area contributed by atoms with Crippen molar-refractivity contribution in [1.82, 2.24) is 10.2 Å². The number of nitro benzene ring substituents is 1. The van der Waals surface area contributed by atoms with E-state index < -0.39 is 33.4 Å². The van der Waals surface area contributed by atoms with Crippen LogP contribution in [-0.2, 0) is 26.2 Å². The molecule has 0 fully saturated rings. The number of nitro groups is 1. The Balaban J connectivity index is 2.05. The molecule has 3 aromatic rings. The molecule has 0 saturated carbocycles. The first-order valence-corrected chi connectivity index (χ1v) is 13.4. The normalized spacial score (nSPS) is 11.9. The second kappa shape index (κ2) is 12.3. The second-order valence-corrected chi connectivity index (χ2v) is 10.5. The van der Waals surface area contributed by atoms with Gasteiger partial charge in [-0.15, -0.1) is 0 Å². The van der Waals surface area contributed by atoms with E-state index in [1.807, 2.05) is 31.2 Å². The van der Waals surface area contributed by atoms with E-state index in [1.54, 1.807) is 32.0 Å². The van der Waals surface area contributed by atoms with Gasteiger partial charge in [0, 0.05) is 25.2 Å². The third-order valence-electron chi connectivity index (χ3n) is 5.93. The van der Waals surface area contributed by atoms with Gasteiger partial charge >= 0.3 is 0 Å². The lowest BCUT2D eigenvalue weighted by atomic mass is 10.1. The van der Waals surface area contributed by atoms with Crippen molar-refractivity contribution in [1.29, 1.82) is 0 Å². The molecule has 3 aromatic carbocycles. The number of carbonyl (C=O) groups excluding carboxylic acids is 2. The molecule has 0 heterocycles. The zero-order valence-corrected chi connectivity index (χ0v) is 22.2. The van der Waals surface area contributed by atoms with Crippen LogP contribution < -0.4 is 9.62 Å². The summed E-state index contributed by atoms with van der Waals surface area (Å²) in [6, 6.07) is 19.1. The molecule has 38 heavy (non-hydrogen) atoms. The highest BCUT2D eigenvalue weighted by molar-refractivity contribution is 7.92. The molecule has 2 amide bonds. The molecule has 0 aliphatic rings. The molecule has 0 radical (unpaired) electrons. The van der Waals surface area contributed by atoms with Gasteiger partial charge in [0.25, 0.3) is 15.7 Å². The second-order valence-electron chi connectivity index (χ2n) is 8.68. The van der Waals surface area contributed by atoms with Gasteiger partial charge in [-0.2, -0.15) is 0 Å². The summed E-state index contributed by atoms with van der Waals surface area (Å²) < 4.78 is 28.2. The molecule has 0 aliphatic carbocycles. The van der Waals surface area contributed by atoms with Crippen LogP contribution in [0.5, 0.6) is 0 Å². The number of benzene rings is 3. The predicted molar refractivity (Wildman–Crippen MR) is 144 cm³/mol. The van der Waals surface area contributed by atoms with E-state index in [9.17, 15) is 28.1 Å². The van der Waals surface area contributed by atoms with Crippen molar-refractivity contribution in [2.24, 2.45) is 0 Å².